The Morgan fingerprint density at radius 1 is 1.11 bits per heavy atom. The highest BCUT2D eigenvalue weighted by atomic mass is 16.5. The van der Waals surface area contributed by atoms with E-state index in [0.29, 0.717) is 6.04 Å². The van der Waals surface area contributed by atoms with Gasteiger partial charge < -0.3 is 10.1 Å². The van der Waals surface area contributed by atoms with Crippen molar-refractivity contribution in [1.29, 1.82) is 0 Å². The van der Waals surface area contributed by atoms with Crippen molar-refractivity contribution in [2.45, 2.75) is 53.5 Å². The molecule has 0 bridgehead atoms. The summed E-state index contributed by atoms with van der Waals surface area (Å²) in [5, 5.41) is 3.58. The maximum atomic E-state index is 5.49. The van der Waals surface area contributed by atoms with E-state index in [1.54, 1.807) is 0 Å². The van der Waals surface area contributed by atoms with Crippen molar-refractivity contribution < 1.29 is 4.74 Å². The van der Waals surface area contributed by atoms with Gasteiger partial charge in [-0.05, 0) is 63.8 Å². The molecule has 0 saturated carbocycles. The normalized spacial score (nSPS) is 12.7. The van der Waals surface area contributed by atoms with Gasteiger partial charge >= 0.3 is 0 Å². The number of benzene rings is 1. The van der Waals surface area contributed by atoms with E-state index in [0.717, 1.165) is 32.6 Å². The second kappa shape index (κ2) is 8.34. The van der Waals surface area contributed by atoms with Gasteiger partial charge in [-0.2, -0.15) is 0 Å². The van der Waals surface area contributed by atoms with Gasteiger partial charge in [-0.15, -0.1) is 0 Å². The van der Waals surface area contributed by atoms with Crippen molar-refractivity contribution in [3.63, 3.8) is 0 Å². The summed E-state index contributed by atoms with van der Waals surface area (Å²) in [5.41, 5.74) is 5.68. The van der Waals surface area contributed by atoms with E-state index in [-0.39, 0.29) is 0 Å². The van der Waals surface area contributed by atoms with Crippen LogP contribution in [0.2, 0.25) is 0 Å². The number of nitrogens with one attached hydrogen (secondary N) is 1. The third-order valence-corrected chi connectivity index (χ3v) is 3.60. The molecule has 0 amide bonds. The number of aryl methyl sites for hydroxylation is 3. The van der Waals surface area contributed by atoms with Crippen LogP contribution in [0.1, 0.15) is 42.5 Å². The molecule has 1 N–H and O–H groups in total. The third-order valence-electron chi connectivity index (χ3n) is 3.60. The molecule has 0 fully saturated rings. The molecule has 2 heteroatoms. The fourth-order valence-electron chi connectivity index (χ4n) is 2.71. The van der Waals surface area contributed by atoms with Gasteiger partial charge in [0.05, 0.1) is 0 Å². The number of rotatable bonds is 8. The van der Waals surface area contributed by atoms with Crippen LogP contribution in [0, 0.1) is 20.8 Å². The van der Waals surface area contributed by atoms with Crippen LogP contribution < -0.4 is 5.32 Å². The lowest BCUT2D eigenvalue weighted by molar-refractivity contribution is 0.136. The number of likely N-dealkylation sites (N-methyl/N-ethyl adjacent to an activating group) is 1. The smallest absolute Gasteiger partial charge is 0.0480 e. The van der Waals surface area contributed by atoms with E-state index >= 15 is 0 Å². The summed E-state index contributed by atoms with van der Waals surface area (Å²) < 4.78 is 5.49. The summed E-state index contributed by atoms with van der Waals surface area (Å²) in [4.78, 5) is 0. The molecule has 1 aromatic rings. The van der Waals surface area contributed by atoms with Crippen molar-refractivity contribution in [3.05, 3.63) is 34.4 Å². The van der Waals surface area contributed by atoms with Crippen molar-refractivity contribution in [2.75, 3.05) is 19.8 Å². The van der Waals surface area contributed by atoms with Gasteiger partial charge in [-0.1, -0.05) is 24.6 Å². The van der Waals surface area contributed by atoms with Crippen LogP contribution in [0.5, 0.6) is 0 Å². The molecule has 1 aromatic carbocycles. The van der Waals surface area contributed by atoms with E-state index in [1.165, 1.54) is 22.3 Å². The molecule has 19 heavy (non-hydrogen) atoms. The number of hydrogen-bond acceptors (Lipinski definition) is 2. The lowest BCUT2D eigenvalue weighted by Gasteiger charge is -2.21. The van der Waals surface area contributed by atoms with Crippen LogP contribution in [0.4, 0.5) is 0 Å². The van der Waals surface area contributed by atoms with Crippen molar-refractivity contribution >= 4 is 0 Å². The Bertz CT molecular complexity index is 364. The molecule has 0 spiro atoms. The molecule has 1 atom stereocenters. The van der Waals surface area contributed by atoms with Crippen molar-refractivity contribution in [3.8, 4) is 0 Å². The fourth-order valence-corrected chi connectivity index (χ4v) is 2.71. The maximum absolute atomic E-state index is 5.49. The highest BCUT2D eigenvalue weighted by Crippen LogP contribution is 2.19. The van der Waals surface area contributed by atoms with Gasteiger partial charge in [-0.3, -0.25) is 0 Å². The average Bonchev–Trinajstić information content (AvgIpc) is 2.33. The molecule has 1 rings (SSSR count). The lowest BCUT2D eigenvalue weighted by atomic mass is 9.93. The van der Waals surface area contributed by atoms with E-state index in [4.69, 9.17) is 4.74 Å². The number of hydrogen-bond donors (Lipinski definition) is 1. The van der Waals surface area contributed by atoms with E-state index < -0.39 is 0 Å². The van der Waals surface area contributed by atoms with Crippen LogP contribution in [0.25, 0.3) is 0 Å². The maximum Gasteiger partial charge on any atom is 0.0480 e. The minimum atomic E-state index is 0.511. The zero-order chi connectivity index (χ0) is 14.3. The summed E-state index contributed by atoms with van der Waals surface area (Å²) in [5.74, 6) is 0. The Morgan fingerprint density at radius 2 is 1.74 bits per heavy atom. The molecule has 0 heterocycles. The number of ether oxygens (including phenoxy) is 1. The second-order valence-electron chi connectivity index (χ2n) is 5.32. The minimum Gasteiger partial charge on any atom is -0.382 e. The molecule has 0 aliphatic rings. The van der Waals surface area contributed by atoms with E-state index in [1.807, 2.05) is 0 Å². The third kappa shape index (κ3) is 5.33. The quantitative estimate of drug-likeness (QED) is 0.724. The first-order chi connectivity index (χ1) is 9.08. The Morgan fingerprint density at radius 3 is 2.26 bits per heavy atom. The first-order valence-electron chi connectivity index (χ1n) is 7.46. The van der Waals surface area contributed by atoms with Gasteiger partial charge in [0.15, 0.2) is 0 Å². The summed E-state index contributed by atoms with van der Waals surface area (Å²) in [6.07, 6.45) is 2.17. The molecular weight excluding hydrogens is 234 g/mol. The fraction of sp³-hybridized carbons (Fsp3) is 0.647. The van der Waals surface area contributed by atoms with Gasteiger partial charge in [0.1, 0.15) is 0 Å². The van der Waals surface area contributed by atoms with Crippen LogP contribution in [-0.4, -0.2) is 25.8 Å². The zero-order valence-electron chi connectivity index (χ0n) is 13.2. The molecule has 1 unspecified atom stereocenters. The molecule has 108 valence electrons. The molecule has 0 saturated heterocycles. The largest absolute Gasteiger partial charge is 0.382 e. The first kappa shape index (κ1) is 16.2. The summed E-state index contributed by atoms with van der Waals surface area (Å²) in [7, 11) is 0. The van der Waals surface area contributed by atoms with E-state index in [2.05, 4.69) is 52.1 Å². The zero-order valence-corrected chi connectivity index (χ0v) is 13.2. The highest BCUT2D eigenvalue weighted by Gasteiger charge is 2.12. The highest BCUT2D eigenvalue weighted by molar-refractivity contribution is 5.38. The summed E-state index contributed by atoms with van der Waals surface area (Å²) in [6.45, 7) is 13.5. The molecule has 0 aliphatic carbocycles. The van der Waals surface area contributed by atoms with Gasteiger partial charge in [0.2, 0.25) is 0 Å². The monoisotopic (exact) mass is 263 g/mol. The lowest BCUT2D eigenvalue weighted by Crippen LogP contribution is -2.32. The molecule has 0 radical (unpaired) electrons. The SMILES string of the molecule is CCNC(CCOCC)Cc1c(C)cc(C)cc1C. The topological polar surface area (TPSA) is 21.3 Å². The molecular formula is C17H29NO. The van der Waals surface area contributed by atoms with Crippen LogP contribution in [0.15, 0.2) is 12.1 Å². The minimum absolute atomic E-state index is 0.511. The average molecular weight is 263 g/mol. The molecule has 0 aliphatic heterocycles. The van der Waals surface area contributed by atoms with Gasteiger partial charge in [0.25, 0.3) is 0 Å². The van der Waals surface area contributed by atoms with Crippen LogP contribution in [-0.2, 0) is 11.2 Å². The molecule has 2 nitrogen and oxygen atoms in total. The predicted octanol–water partition coefficient (Wildman–Crippen LogP) is 3.56. The summed E-state index contributed by atoms with van der Waals surface area (Å²) in [6, 6.07) is 5.08. The van der Waals surface area contributed by atoms with Crippen molar-refractivity contribution in [1.82, 2.24) is 5.32 Å². The Hall–Kier alpha value is -0.860. The summed E-state index contributed by atoms with van der Waals surface area (Å²) >= 11 is 0. The van der Waals surface area contributed by atoms with E-state index in [9.17, 15) is 0 Å². The van der Waals surface area contributed by atoms with Gasteiger partial charge in [-0.25, -0.2) is 0 Å². The first-order valence-corrected chi connectivity index (χ1v) is 7.46. The van der Waals surface area contributed by atoms with Crippen LogP contribution >= 0.6 is 0 Å². The Labute approximate surface area is 118 Å². The molecule has 0 aromatic heterocycles. The Balaban J connectivity index is 2.72. The van der Waals surface area contributed by atoms with Crippen LogP contribution in [0.3, 0.4) is 0 Å². The second-order valence-corrected chi connectivity index (χ2v) is 5.32. The Kier molecular flexibility index (Phi) is 7.11. The predicted molar refractivity (Wildman–Crippen MR) is 82.9 cm³/mol. The standard InChI is InChI=1S/C17H29NO/c1-6-18-16(8-9-19-7-2)12-17-14(4)10-13(3)11-15(17)5/h10-11,16,18H,6-9,12H2,1-5H3. The van der Waals surface area contributed by atoms with Crippen molar-refractivity contribution in [2.24, 2.45) is 0 Å². The van der Waals surface area contributed by atoms with Gasteiger partial charge in [0, 0.05) is 19.3 Å².